The monoisotopic (exact) mass is 429 g/mol. The number of nitrogens with zero attached hydrogens (tertiary/aromatic N) is 2. The molecule has 1 heterocycles. The van der Waals surface area contributed by atoms with Gasteiger partial charge in [-0.1, -0.05) is 35.3 Å². The molecular formula is C16H13Cl2N3O3S2. The highest BCUT2D eigenvalue weighted by molar-refractivity contribution is 7.99. The average molecular weight is 430 g/mol. The van der Waals surface area contributed by atoms with Crippen molar-refractivity contribution in [3.8, 4) is 11.5 Å². The van der Waals surface area contributed by atoms with E-state index < -0.39 is 10.0 Å². The van der Waals surface area contributed by atoms with Gasteiger partial charge in [0.05, 0.1) is 15.5 Å². The molecule has 1 aromatic heterocycles. The Kier molecular flexibility index (Phi) is 5.59. The molecule has 3 aromatic rings. The number of thioether (sulfide) groups is 1. The third-order valence-corrected chi connectivity index (χ3v) is 6.18. The van der Waals surface area contributed by atoms with Gasteiger partial charge < -0.3 is 4.42 Å². The molecule has 0 atom stereocenters. The fourth-order valence-corrected chi connectivity index (χ4v) is 4.68. The summed E-state index contributed by atoms with van der Waals surface area (Å²) in [6.07, 6.45) is 0. The Morgan fingerprint density at radius 2 is 1.85 bits per heavy atom. The summed E-state index contributed by atoms with van der Waals surface area (Å²) in [5.74, 6) is 0.996. The Hall–Kier alpha value is -1.58. The first-order valence-electron chi connectivity index (χ1n) is 7.28. The van der Waals surface area contributed by atoms with E-state index in [9.17, 15) is 8.42 Å². The van der Waals surface area contributed by atoms with Gasteiger partial charge in [-0.3, -0.25) is 0 Å². The summed E-state index contributed by atoms with van der Waals surface area (Å²) >= 11 is 13.5. The van der Waals surface area contributed by atoms with Crippen LogP contribution in [-0.2, 0) is 15.8 Å². The van der Waals surface area contributed by atoms with E-state index in [0.717, 1.165) is 5.56 Å². The fraction of sp³-hybridized carbons (Fsp3) is 0.125. The number of aromatic nitrogens is 2. The van der Waals surface area contributed by atoms with E-state index in [1.54, 1.807) is 19.1 Å². The molecule has 0 saturated heterocycles. The van der Waals surface area contributed by atoms with Crippen molar-refractivity contribution >= 4 is 45.0 Å². The number of halogens is 2. The first kappa shape index (κ1) is 19.2. The number of sulfonamides is 1. The SMILES string of the molecule is Cc1nnc(-c2cc(S(N)(=O)=O)c(SCc3ccc(Cl)cc3)cc2Cl)o1. The summed E-state index contributed by atoms with van der Waals surface area (Å²) in [7, 11) is -3.98. The Morgan fingerprint density at radius 3 is 2.42 bits per heavy atom. The molecule has 0 aliphatic rings. The molecule has 0 bridgehead atoms. The van der Waals surface area contributed by atoms with Crippen LogP contribution in [-0.4, -0.2) is 18.6 Å². The maximum Gasteiger partial charge on any atom is 0.249 e. The lowest BCUT2D eigenvalue weighted by Gasteiger charge is -2.11. The first-order valence-corrected chi connectivity index (χ1v) is 10.6. The highest BCUT2D eigenvalue weighted by atomic mass is 35.5. The van der Waals surface area contributed by atoms with E-state index >= 15 is 0 Å². The van der Waals surface area contributed by atoms with E-state index in [1.807, 2.05) is 12.1 Å². The number of nitrogens with two attached hydrogens (primary N) is 1. The van der Waals surface area contributed by atoms with Crippen molar-refractivity contribution < 1.29 is 12.8 Å². The van der Waals surface area contributed by atoms with Crippen LogP contribution in [0.5, 0.6) is 0 Å². The largest absolute Gasteiger partial charge is 0.421 e. The molecule has 0 aliphatic carbocycles. The second-order valence-corrected chi connectivity index (χ2v) is 8.76. The molecule has 0 spiro atoms. The minimum Gasteiger partial charge on any atom is -0.421 e. The second kappa shape index (κ2) is 7.58. The number of hydrogen-bond acceptors (Lipinski definition) is 6. The van der Waals surface area contributed by atoms with Crippen molar-refractivity contribution in [3.05, 3.63) is 57.9 Å². The van der Waals surface area contributed by atoms with Gasteiger partial charge in [-0.05, 0) is 29.8 Å². The van der Waals surface area contributed by atoms with Gasteiger partial charge in [0.1, 0.15) is 0 Å². The third-order valence-electron chi connectivity index (χ3n) is 3.40. The van der Waals surface area contributed by atoms with E-state index in [2.05, 4.69) is 10.2 Å². The molecule has 0 radical (unpaired) electrons. The summed E-state index contributed by atoms with van der Waals surface area (Å²) in [5, 5.41) is 13.9. The van der Waals surface area contributed by atoms with Crippen molar-refractivity contribution in [1.29, 1.82) is 0 Å². The van der Waals surface area contributed by atoms with Crippen molar-refractivity contribution in [2.24, 2.45) is 5.14 Å². The average Bonchev–Trinajstić information content (AvgIpc) is 2.99. The smallest absolute Gasteiger partial charge is 0.249 e. The minimum atomic E-state index is -3.98. The minimum absolute atomic E-state index is 0.0493. The van der Waals surface area contributed by atoms with Crippen molar-refractivity contribution in [1.82, 2.24) is 10.2 Å². The van der Waals surface area contributed by atoms with Crippen molar-refractivity contribution in [2.45, 2.75) is 22.5 Å². The van der Waals surface area contributed by atoms with E-state index in [0.29, 0.717) is 32.1 Å². The molecule has 0 amide bonds. The zero-order valence-electron chi connectivity index (χ0n) is 13.4. The van der Waals surface area contributed by atoms with Gasteiger partial charge in [-0.2, -0.15) is 0 Å². The van der Waals surface area contributed by atoms with Gasteiger partial charge in [0, 0.05) is 22.6 Å². The lowest BCUT2D eigenvalue weighted by Crippen LogP contribution is -2.13. The van der Waals surface area contributed by atoms with Gasteiger partial charge in [-0.25, -0.2) is 13.6 Å². The summed E-state index contributed by atoms with van der Waals surface area (Å²) in [4.78, 5) is 0.388. The molecule has 2 aromatic carbocycles. The van der Waals surface area contributed by atoms with Crippen molar-refractivity contribution in [2.75, 3.05) is 0 Å². The molecule has 0 unspecified atom stereocenters. The Labute approximate surface area is 164 Å². The normalized spacial score (nSPS) is 11.7. The Balaban J connectivity index is 1.99. The number of aryl methyl sites for hydroxylation is 1. The number of hydrogen-bond donors (Lipinski definition) is 1. The lowest BCUT2D eigenvalue weighted by molar-refractivity contribution is 0.532. The summed E-state index contributed by atoms with van der Waals surface area (Å²) in [6, 6.07) is 10.2. The van der Waals surface area contributed by atoms with Crippen LogP contribution >= 0.6 is 35.0 Å². The topological polar surface area (TPSA) is 99.1 Å². The second-order valence-electron chi connectivity index (χ2n) is 5.37. The van der Waals surface area contributed by atoms with Gasteiger partial charge in [0.25, 0.3) is 0 Å². The molecule has 26 heavy (non-hydrogen) atoms. The molecule has 0 aliphatic heterocycles. The maximum atomic E-state index is 12.0. The summed E-state index contributed by atoms with van der Waals surface area (Å²) in [6.45, 7) is 1.63. The molecule has 10 heteroatoms. The number of benzene rings is 2. The molecule has 2 N–H and O–H groups in total. The Morgan fingerprint density at radius 1 is 1.15 bits per heavy atom. The first-order chi connectivity index (χ1) is 12.2. The van der Waals surface area contributed by atoms with Crippen molar-refractivity contribution in [3.63, 3.8) is 0 Å². The standard InChI is InChI=1S/C16H13Cl2N3O3S2/c1-9-20-21-16(24-9)12-6-15(26(19,22)23)14(7-13(12)18)25-8-10-2-4-11(17)5-3-10/h2-7H,8H2,1H3,(H2,19,22,23). The summed E-state index contributed by atoms with van der Waals surface area (Å²) < 4.78 is 29.4. The molecule has 3 rings (SSSR count). The van der Waals surface area contributed by atoms with Gasteiger partial charge in [0.2, 0.25) is 21.8 Å². The fourth-order valence-electron chi connectivity index (χ4n) is 2.18. The molecule has 136 valence electrons. The molecule has 0 fully saturated rings. The highest BCUT2D eigenvalue weighted by Gasteiger charge is 2.21. The lowest BCUT2D eigenvalue weighted by atomic mass is 10.2. The molecule has 0 saturated carbocycles. The van der Waals surface area contributed by atoms with Crippen LogP contribution in [0.3, 0.4) is 0 Å². The predicted molar refractivity (Wildman–Crippen MR) is 102 cm³/mol. The summed E-state index contributed by atoms with van der Waals surface area (Å²) in [5.41, 5.74) is 1.29. The third kappa shape index (κ3) is 4.39. The zero-order chi connectivity index (χ0) is 18.9. The van der Waals surface area contributed by atoms with Crippen LogP contribution < -0.4 is 5.14 Å². The maximum absolute atomic E-state index is 12.0. The van der Waals surface area contributed by atoms with Crippen LogP contribution in [0.1, 0.15) is 11.5 Å². The predicted octanol–water partition coefficient (Wildman–Crippen LogP) is 4.29. The van der Waals surface area contributed by atoms with Crippen LogP contribution in [0.2, 0.25) is 10.0 Å². The van der Waals surface area contributed by atoms with Crippen LogP contribution in [0.25, 0.3) is 11.5 Å². The quantitative estimate of drug-likeness (QED) is 0.607. The van der Waals surface area contributed by atoms with Gasteiger partial charge in [0.15, 0.2) is 0 Å². The van der Waals surface area contributed by atoms with Gasteiger partial charge in [-0.15, -0.1) is 22.0 Å². The van der Waals surface area contributed by atoms with Crippen LogP contribution in [0, 0.1) is 6.92 Å². The van der Waals surface area contributed by atoms with Gasteiger partial charge >= 0.3 is 0 Å². The number of primary sulfonamides is 1. The zero-order valence-corrected chi connectivity index (χ0v) is 16.6. The highest BCUT2D eigenvalue weighted by Crippen LogP contribution is 2.37. The van der Waals surface area contributed by atoms with Crippen LogP contribution in [0.15, 0.2) is 50.6 Å². The molecule has 6 nitrogen and oxygen atoms in total. The van der Waals surface area contributed by atoms with Crippen LogP contribution in [0.4, 0.5) is 0 Å². The molecular weight excluding hydrogens is 417 g/mol. The number of rotatable bonds is 5. The van der Waals surface area contributed by atoms with E-state index in [-0.39, 0.29) is 10.8 Å². The Bertz CT molecular complexity index is 1050. The van der Waals surface area contributed by atoms with E-state index in [1.165, 1.54) is 23.9 Å². The van der Waals surface area contributed by atoms with E-state index in [4.69, 9.17) is 32.8 Å².